The van der Waals surface area contributed by atoms with Crippen LogP contribution in [0.2, 0.25) is 0 Å². The molecule has 2 N–H and O–H groups in total. The van der Waals surface area contributed by atoms with Crippen molar-refractivity contribution in [3.8, 4) is 11.5 Å². The van der Waals surface area contributed by atoms with Gasteiger partial charge in [0.05, 0.1) is 7.11 Å². The van der Waals surface area contributed by atoms with E-state index in [-0.39, 0.29) is 16.6 Å². The summed E-state index contributed by atoms with van der Waals surface area (Å²) in [4.78, 5) is 0. The molecule has 2 unspecified atom stereocenters. The summed E-state index contributed by atoms with van der Waals surface area (Å²) in [6.07, 6.45) is 2.10. The van der Waals surface area contributed by atoms with Gasteiger partial charge < -0.3 is 15.2 Å². The number of aromatic hydroxyl groups is 1. The Morgan fingerprint density at radius 2 is 2.05 bits per heavy atom. The summed E-state index contributed by atoms with van der Waals surface area (Å²) in [5, 5.41) is 13.6. The van der Waals surface area contributed by atoms with Crippen molar-refractivity contribution in [2.24, 2.45) is 5.41 Å². The van der Waals surface area contributed by atoms with E-state index in [1.54, 1.807) is 7.11 Å². The first-order valence-electron chi connectivity index (χ1n) is 7.04. The van der Waals surface area contributed by atoms with Crippen molar-refractivity contribution >= 4 is 0 Å². The van der Waals surface area contributed by atoms with Crippen LogP contribution in [0.15, 0.2) is 12.1 Å². The Morgan fingerprint density at radius 1 is 1.32 bits per heavy atom. The molecule has 3 nitrogen and oxygen atoms in total. The van der Waals surface area contributed by atoms with Gasteiger partial charge in [-0.3, -0.25) is 0 Å². The number of nitrogens with one attached hydrogen (secondary N) is 1. The van der Waals surface area contributed by atoms with Gasteiger partial charge in [0.15, 0.2) is 11.5 Å². The molecular weight excluding hydrogens is 238 g/mol. The second kappa shape index (κ2) is 3.89. The Labute approximate surface area is 115 Å². The molecule has 2 atom stereocenters. The van der Waals surface area contributed by atoms with Crippen LogP contribution < -0.4 is 10.1 Å². The summed E-state index contributed by atoms with van der Waals surface area (Å²) in [6, 6.07) is 4.42. The zero-order valence-corrected chi connectivity index (χ0v) is 12.2. The van der Waals surface area contributed by atoms with E-state index in [0.29, 0.717) is 11.8 Å². The van der Waals surface area contributed by atoms with Crippen LogP contribution in [-0.4, -0.2) is 24.8 Å². The van der Waals surface area contributed by atoms with E-state index in [0.717, 1.165) is 19.4 Å². The highest BCUT2D eigenvalue weighted by Crippen LogP contribution is 2.55. The van der Waals surface area contributed by atoms with Crippen molar-refractivity contribution in [1.29, 1.82) is 0 Å². The number of piperidine rings is 1. The Bertz CT molecular complexity index is 524. The third-order valence-corrected chi connectivity index (χ3v) is 5.73. The van der Waals surface area contributed by atoms with Crippen molar-refractivity contribution in [2.45, 2.75) is 45.1 Å². The number of benzene rings is 1. The van der Waals surface area contributed by atoms with E-state index in [1.165, 1.54) is 11.1 Å². The number of phenols is 1. The molecule has 1 saturated heterocycles. The van der Waals surface area contributed by atoms with Crippen LogP contribution in [0.5, 0.6) is 11.5 Å². The highest BCUT2D eigenvalue weighted by Gasteiger charge is 2.53. The minimum Gasteiger partial charge on any atom is -0.504 e. The molecule has 3 rings (SSSR count). The van der Waals surface area contributed by atoms with Gasteiger partial charge in [0.1, 0.15) is 0 Å². The number of fused-ring (bicyclic) bond motifs is 4. The van der Waals surface area contributed by atoms with Crippen LogP contribution in [0.25, 0.3) is 0 Å². The van der Waals surface area contributed by atoms with E-state index in [2.05, 4.69) is 26.1 Å². The number of ether oxygens (including phenoxy) is 1. The third-order valence-electron chi connectivity index (χ3n) is 5.73. The van der Waals surface area contributed by atoms with E-state index in [9.17, 15) is 5.11 Å². The molecule has 0 spiro atoms. The molecule has 0 radical (unpaired) electrons. The lowest BCUT2D eigenvalue weighted by Crippen LogP contribution is -2.62. The van der Waals surface area contributed by atoms with E-state index in [1.807, 2.05) is 12.1 Å². The fourth-order valence-electron chi connectivity index (χ4n) is 3.94. The first kappa shape index (κ1) is 12.8. The number of rotatable bonds is 1. The average molecular weight is 261 g/mol. The molecule has 104 valence electrons. The quantitative estimate of drug-likeness (QED) is 0.816. The Kier molecular flexibility index (Phi) is 2.62. The lowest BCUT2D eigenvalue weighted by molar-refractivity contribution is 0.0556. The molecule has 1 aromatic rings. The standard InChI is InChI=1S/C16H23NO2/c1-15(2)14-8-10-7-12(18)13(19-4)9-11(10)16(15,3)5-6-17-14/h7,9,14,17-18H,5-6,8H2,1-4H3. The molecule has 1 aromatic carbocycles. The summed E-state index contributed by atoms with van der Waals surface area (Å²) in [5.74, 6) is 0.843. The van der Waals surface area contributed by atoms with Crippen LogP contribution in [0.1, 0.15) is 38.3 Å². The van der Waals surface area contributed by atoms with Crippen LogP contribution >= 0.6 is 0 Å². The van der Waals surface area contributed by atoms with E-state index >= 15 is 0 Å². The minimum absolute atomic E-state index is 0.136. The van der Waals surface area contributed by atoms with E-state index < -0.39 is 0 Å². The Balaban J connectivity index is 2.22. The first-order valence-corrected chi connectivity index (χ1v) is 7.04. The number of hydrogen-bond acceptors (Lipinski definition) is 3. The largest absolute Gasteiger partial charge is 0.504 e. The number of methoxy groups -OCH3 is 1. The Hall–Kier alpha value is -1.22. The average Bonchev–Trinajstić information content (AvgIpc) is 2.33. The smallest absolute Gasteiger partial charge is 0.160 e. The van der Waals surface area contributed by atoms with Crippen molar-refractivity contribution in [2.75, 3.05) is 13.7 Å². The zero-order chi connectivity index (χ0) is 13.8. The normalized spacial score (nSPS) is 31.7. The predicted molar refractivity (Wildman–Crippen MR) is 75.9 cm³/mol. The van der Waals surface area contributed by atoms with Crippen molar-refractivity contribution in [1.82, 2.24) is 5.32 Å². The lowest BCUT2D eigenvalue weighted by atomic mass is 9.51. The molecule has 1 aliphatic carbocycles. The highest BCUT2D eigenvalue weighted by molar-refractivity contribution is 5.52. The lowest BCUT2D eigenvalue weighted by Gasteiger charge is -2.57. The second-order valence-corrected chi connectivity index (χ2v) is 6.70. The molecule has 0 saturated carbocycles. The van der Waals surface area contributed by atoms with E-state index in [4.69, 9.17) is 4.74 Å². The predicted octanol–water partition coefficient (Wildman–Crippen LogP) is 2.60. The second-order valence-electron chi connectivity index (χ2n) is 6.70. The molecule has 0 aromatic heterocycles. The van der Waals surface area contributed by atoms with Gasteiger partial charge in [-0.1, -0.05) is 20.8 Å². The summed E-state index contributed by atoms with van der Waals surface area (Å²) in [7, 11) is 1.61. The van der Waals surface area contributed by atoms with Gasteiger partial charge in [-0.05, 0) is 48.1 Å². The Morgan fingerprint density at radius 3 is 2.74 bits per heavy atom. The van der Waals surface area contributed by atoms with Gasteiger partial charge in [-0.2, -0.15) is 0 Å². The maximum atomic E-state index is 10.00. The summed E-state index contributed by atoms with van der Waals surface area (Å²) in [5.41, 5.74) is 2.96. The van der Waals surface area contributed by atoms with Crippen molar-refractivity contribution in [3.63, 3.8) is 0 Å². The highest BCUT2D eigenvalue weighted by atomic mass is 16.5. The number of phenolic OH excluding ortho intramolecular Hbond substituents is 1. The van der Waals surface area contributed by atoms with Crippen molar-refractivity contribution < 1.29 is 9.84 Å². The van der Waals surface area contributed by atoms with Crippen LogP contribution in [0.3, 0.4) is 0 Å². The minimum atomic E-state index is 0.136. The number of hydrogen-bond donors (Lipinski definition) is 2. The maximum absolute atomic E-state index is 10.00. The van der Waals surface area contributed by atoms with Gasteiger partial charge in [-0.15, -0.1) is 0 Å². The molecule has 3 heteroatoms. The maximum Gasteiger partial charge on any atom is 0.160 e. The molecule has 19 heavy (non-hydrogen) atoms. The van der Waals surface area contributed by atoms with Gasteiger partial charge in [0.2, 0.25) is 0 Å². The molecule has 1 aliphatic heterocycles. The molecule has 2 bridgehead atoms. The molecule has 0 amide bonds. The van der Waals surface area contributed by atoms with Crippen LogP contribution in [0.4, 0.5) is 0 Å². The summed E-state index contributed by atoms with van der Waals surface area (Å²) in [6.45, 7) is 8.13. The SMILES string of the molecule is COc1cc2c(cc1O)CC1NCCC2(C)C1(C)C. The van der Waals surface area contributed by atoms with Gasteiger partial charge in [0.25, 0.3) is 0 Å². The molecule has 1 heterocycles. The molecular formula is C16H23NO2. The molecule has 2 aliphatic rings. The van der Waals surface area contributed by atoms with Gasteiger partial charge >= 0.3 is 0 Å². The van der Waals surface area contributed by atoms with Crippen LogP contribution in [0, 0.1) is 5.41 Å². The fraction of sp³-hybridized carbons (Fsp3) is 0.625. The monoisotopic (exact) mass is 261 g/mol. The zero-order valence-electron chi connectivity index (χ0n) is 12.2. The third kappa shape index (κ3) is 1.54. The topological polar surface area (TPSA) is 41.5 Å². The van der Waals surface area contributed by atoms with Gasteiger partial charge in [-0.25, -0.2) is 0 Å². The molecule has 1 fully saturated rings. The van der Waals surface area contributed by atoms with Crippen LogP contribution in [-0.2, 0) is 11.8 Å². The van der Waals surface area contributed by atoms with Crippen molar-refractivity contribution in [3.05, 3.63) is 23.3 Å². The first-order chi connectivity index (χ1) is 8.90. The van der Waals surface area contributed by atoms with Gasteiger partial charge in [0, 0.05) is 11.5 Å². The summed E-state index contributed by atoms with van der Waals surface area (Å²) < 4.78 is 5.30. The fourth-order valence-corrected chi connectivity index (χ4v) is 3.94. The summed E-state index contributed by atoms with van der Waals surface area (Å²) >= 11 is 0.